The van der Waals surface area contributed by atoms with Gasteiger partial charge < -0.3 is 9.32 Å². The molecular weight excluding hydrogens is 547 g/mol. The fraction of sp³-hybridized carbons (Fsp3) is 0.333. The maximum Gasteiger partial charge on any atom is 0.416 e. The lowest BCUT2D eigenvalue weighted by molar-refractivity contribution is -0.137. The highest BCUT2D eigenvalue weighted by Gasteiger charge is 2.40. The molecule has 13 heteroatoms. The Morgan fingerprint density at radius 1 is 1.12 bits per heavy atom. The van der Waals surface area contributed by atoms with Crippen LogP contribution in [-0.2, 0) is 27.4 Å². The minimum Gasteiger partial charge on any atom is -0.443 e. The van der Waals surface area contributed by atoms with Crippen molar-refractivity contribution in [3.05, 3.63) is 66.1 Å². The van der Waals surface area contributed by atoms with Gasteiger partial charge in [-0.05, 0) is 43.5 Å². The summed E-state index contributed by atoms with van der Waals surface area (Å²) in [7, 11) is -0.582. The van der Waals surface area contributed by atoms with Gasteiger partial charge in [0.1, 0.15) is 5.58 Å². The number of fused-ring (bicyclic) bond motifs is 1. The van der Waals surface area contributed by atoms with Crippen molar-refractivity contribution in [2.45, 2.75) is 43.0 Å². The Morgan fingerprint density at radius 3 is 2.55 bits per heavy atom. The Labute approximate surface area is 228 Å². The van der Waals surface area contributed by atoms with Gasteiger partial charge in [0.05, 0.1) is 17.3 Å². The van der Waals surface area contributed by atoms with E-state index in [-0.39, 0.29) is 30.3 Å². The molecule has 0 bridgehead atoms. The van der Waals surface area contributed by atoms with Crippen LogP contribution >= 0.6 is 0 Å². The molecule has 0 spiro atoms. The molecule has 0 aliphatic carbocycles. The number of furan rings is 1. The number of benzene rings is 1. The van der Waals surface area contributed by atoms with Crippen molar-refractivity contribution in [3.63, 3.8) is 0 Å². The van der Waals surface area contributed by atoms with Crippen molar-refractivity contribution >= 4 is 32.7 Å². The predicted octanol–water partition coefficient (Wildman–Crippen LogP) is 4.72. The molecule has 0 N–H and O–H groups in total. The van der Waals surface area contributed by atoms with Crippen LogP contribution in [0.3, 0.4) is 0 Å². The maximum atomic E-state index is 13.4. The van der Waals surface area contributed by atoms with Crippen molar-refractivity contribution in [2.75, 3.05) is 25.5 Å². The molecule has 1 aromatic carbocycles. The number of carbonyl (C=O) groups excluding carboxylic acids is 1. The number of rotatable bonds is 8. The number of pyridine rings is 1. The number of sulfonamides is 1. The first-order valence-electron chi connectivity index (χ1n) is 12.5. The summed E-state index contributed by atoms with van der Waals surface area (Å²) in [6.45, 7) is 0.199. The standard InChI is InChI=1S/C27H26F3N5O4S/c1-34(2)26-32-20(15-21(33-26)17-5-7-19(8-6-17)27(28,29)30)9-10-23(36)22-4-3-13-35(22)40(37,38)25-14-18-16-31-12-11-24(18)39-25/h5-8,11-12,14-16,22H,3-4,9-10,13H2,1-2H3/t22-/m0/s1. The third kappa shape index (κ3) is 5.56. The van der Waals surface area contributed by atoms with Crippen molar-refractivity contribution in [3.8, 4) is 11.3 Å². The second kappa shape index (κ2) is 10.6. The molecule has 1 saturated heterocycles. The van der Waals surface area contributed by atoms with E-state index in [9.17, 15) is 26.4 Å². The molecule has 40 heavy (non-hydrogen) atoms. The number of anilines is 1. The molecule has 1 aliphatic heterocycles. The van der Waals surface area contributed by atoms with Gasteiger partial charge in [0.25, 0.3) is 10.0 Å². The van der Waals surface area contributed by atoms with Crippen LogP contribution in [0.25, 0.3) is 22.2 Å². The zero-order chi connectivity index (χ0) is 28.7. The highest BCUT2D eigenvalue weighted by molar-refractivity contribution is 7.89. The van der Waals surface area contributed by atoms with E-state index in [0.29, 0.717) is 46.7 Å². The van der Waals surface area contributed by atoms with Crippen LogP contribution in [0.5, 0.6) is 0 Å². The molecular formula is C27H26F3N5O4S. The van der Waals surface area contributed by atoms with Gasteiger partial charge in [-0.2, -0.15) is 17.5 Å². The number of carbonyl (C=O) groups is 1. The zero-order valence-electron chi connectivity index (χ0n) is 21.7. The number of hydrogen-bond acceptors (Lipinski definition) is 8. The number of alkyl halides is 3. The molecule has 1 fully saturated rings. The third-order valence-corrected chi connectivity index (χ3v) is 8.50. The van der Waals surface area contributed by atoms with Crippen molar-refractivity contribution in [1.82, 2.24) is 19.3 Å². The van der Waals surface area contributed by atoms with Gasteiger partial charge >= 0.3 is 6.18 Å². The minimum atomic E-state index is -4.45. The second-order valence-corrected chi connectivity index (χ2v) is 11.6. The van der Waals surface area contributed by atoms with Gasteiger partial charge in [0.15, 0.2) is 5.78 Å². The van der Waals surface area contributed by atoms with Gasteiger partial charge in [0.2, 0.25) is 11.0 Å². The Kier molecular flexibility index (Phi) is 7.36. The fourth-order valence-electron chi connectivity index (χ4n) is 4.66. The first kappa shape index (κ1) is 27.7. The van der Waals surface area contributed by atoms with E-state index in [1.54, 1.807) is 31.1 Å². The van der Waals surface area contributed by atoms with Gasteiger partial charge in [-0.25, -0.2) is 18.4 Å². The lowest BCUT2D eigenvalue weighted by atomic mass is 10.0. The zero-order valence-corrected chi connectivity index (χ0v) is 22.5. The minimum absolute atomic E-state index is 0.0249. The van der Waals surface area contributed by atoms with Crippen molar-refractivity contribution in [2.24, 2.45) is 0 Å². The van der Waals surface area contributed by atoms with Crippen LogP contribution in [0.2, 0.25) is 0 Å². The van der Waals surface area contributed by atoms with Crippen LogP contribution in [0.4, 0.5) is 19.1 Å². The largest absolute Gasteiger partial charge is 0.443 e. The maximum absolute atomic E-state index is 13.4. The summed E-state index contributed by atoms with van der Waals surface area (Å²) in [6.07, 6.45) is -0.284. The van der Waals surface area contributed by atoms with E-state index in [1.165, 1.54) is 34.9 Å². The van der Waals surface area contributed by atoms with E-state index in [1.807, 2.05) is 0 Å². The highest BCUT2D eigenvalue weighted by atomic mass is 32.2. The Morgan fingerprint density at radius 2 is 1.88 bits per heavy atom. The number of hydrogen-bond donors (Lipinski definition) is 0. The molecule has 4 heterocycles. The van der Waals surface area contributed by atoms with Gasteiger partial charge in [-0.15, -0.1) is 0 Å². The average Bonchev–Trinajstić information content (AvgIpc) is 3.60. The number of ketones is 1. The van der Waals surface area contributed by atoms with Gasteiger partial charge in [0, 0.05) is 62.2 Å². The summed E-state index contributed by atoms with van der Waals surface area (Å²) >= 11 is 0. The molecule has 210 valence electrons. The van der Waals surface area contributed by atoms with Crippen LogP contribution in [-0.4, -0.2) is 60.1 Å². The number of aromatic nitrogens is 3. The quantitative estimate of drug-likeness (QED) is 0.298. The van der Waals surface area contributed by atoms with Crippen LogP contribution in [0, 0.1) is 0 Å². The molecule has 0 amide bonds. The monoisotopic (exact) mass is 573 g/mol. The Balaban J connectivity index is 1.34. The number of nitrogens with zero attached hydrogens (tertiary/aromatic N) is 5. The summed E-state index contributed by atoms with van der Waals surface area (Å²) in [5.74, 6) is 0.0873. The van der Waals surface area contributed by atoms with Crippen molar-refractivity contribution < 1.29 is 30.8 Å². The lowest BCUT2D eigenvalue weighted by Crippen LogP contribution is -2.40. The summed E-state index contributed by atoms with van der Waals surface area (Å²) in [5.41, 5.74) is 1.03. The SMILES string of the molecule is CN(C)c1nc(CCC(=O)[C@@H]2CCCN2S(=O)(=O)c2cc3cnccc3o2)cc(-c2ccc(C(F)(F)F)cc2)n1. The summed E-state index contributed by atoms with van der Waals surface area (Å²) in [4.78, 5) is 27.8. The molecule has 1 atom stereocenters. The molecule has 0 saturated carbocycles. The second-order valence-electron chi connectivity index (χ2n) is 9.73. The Bertz CT molecular complexity index is 1620. The van der Waals surface area contributed by atoms with E-state index in [4.69, 9.17) is 4.42 Å². The van der Waals surface area contributed by atoms with E-state index in [2.05, 4.69) is 15.0 Å². The third-order valence-electron chi connectivity index (χ3n) is 6.74. The highest BCUT2D eigenvalue weighted by Crippen LogP contribution is 2.32. The molecule has 1 aliphatic rings. The van der Waals surface area contributed by atoms with Gasteiger partial charge in [-0.1, -0.05) is 12.1 Å². The summed E-state index contributed by atoms with van der Waals surface area (Å²) in [5, 5.41) is 0.315. The molecule has 3 aromatic heterocycles. The topological polar surface area (TPSA) is 110 Å². The van der Waals surface area contributed by atoms with Crippen LogP contribution < -0.4 is 4.90 Å². The van der Waals surface area contributed by atoms with Crippen LogP contribution in [0.15, 0.2) is 64.4 Å². The van der Waals surface area contributed by atoms with E-state index < -0.39 is 27.8 Å². The van der Waals surface area contributed by atoms with Crippen LogP contribution in [0.1, 0.15) is 30.5 Å². The fourth-order valence-corrected chi connectivity index (χ4v) is 6.29. The first-order valence-corrected chi connectivity index (χ1v) is 14.0. The number of halogens is 3. The first-order chi connectivity index (χ1) is 18.9. The normalized spacial score (nSPS) is 16.5. The number of Topliss-reactive ketones (excluding diaryl/α,β-unsaturated/α-hetero) is 1. The van der Waals surface area contributed by atoms with E-state index >= 15 is 0 Å². The lowest BCUT2D eigenvalue weighted by Gasteiger charge is -2.22. The molecule has 0 unspecified atom stereocenters. The molecule has 9 nitrogen and oxygen atoms in total. The molecule has 4 aromatic rings. The van der Waals surface area contributed by atoms with Crippen molar-refractivity contribution in [1.29, 1.82) is 0 Å². The molecule has 0 radical (unpaired) electrons. The predicted molar refractivity (Wildman–Crippen MR) is 141 cm³/mol. The van der Waals surface area contributed by atoms with E-state index in [0.717, 1.165) is 12.1 Å². The Hall–Kier alpha value is -3.84. The summed E-state index contributed by atoms with van der Waals surface area (Å²) in [6, 6.07) is 8.44. The average molecular weight is 574 g/mol. The smallest absolute Gasteiger partial charge is 0.416 e. The number of aryl methyl sites for hydroxylation is 1. The molecule has 5 rings (SSSR count). The summed E-state index contributed by atoms with van der Waals surface area (Å²) < 4.78 is 72.5. The van der Waals surface area contributed by atoms with Gasteiger partial charge in [-0.3, -0.25) is 9.78 Å².